The second kappa shape index (κ2) is 5.98. The summed E-state index contributed by atoms with van der Waals surface area (Å²) in [7, 11) is 1.95. The summed E-state index contributed by atoms with van der Waals surface area (Å²) in [6, 6.07) is 8.37. The summed E-state index contributed by atoms with van der Waals surface area (Å²) in [5.74, 6) is 0.903. The van der Waals surface area contributed by atoms with Crippen molar-refractivity contribution in [2.24, 2.45) is 0 Å². The van der Waals surface area contributed by atoms with Gasteiger partial charge >= 0.3 is 0 Å². The monoisotopic (exact) mass is 262 g/mol. The topological polar surface area (TPSA) is 34.1 Å². The van der Waals surface area contributed by atoms with Crippen molar-refractivity contribution in [3.05, 3.63) is 34.7 Å². The molecule has 1 aromatic carbocycles. The SMILES string of the molecule is CCOc1ccc(-c2csc(C(C)NC)n2)cc1. The van der Waals surface area contributed by atoms with Gasteiger partial charge in [-0.3, -0.25) is 0 Å². The minimum Gasteiger partial charge on any atom is -0.494 e. The molecule has 1 heterocycles. The van der Waals surface area contributed by atoms with Gasteiger partial charge in [-0.15, -0.1) is 11.3 Å². The van der Waals surface area contributed by atoms with Crippen molar-refractivity contribution in [2.75, 3.05) is 13.7 Å². The molecule has 0 aliphatic heterocycles. The van der Waals surface area contributed by atoms with Crippen LogP contribution >= 0.6 is 11.3 Å². The van der Waals surface area contributed by atoms with Gasteiger partial charge in [-0.1, -0.05) is 0 Å². The molecule has 4 heteroatoms. The van der Waals surface area contributed by atoms with Crippen LogP contribution in [0.2, 0.25) is 0 Å². The first-order valence-corrected chi connectivity index (χ1v) is 6.98. The fourth-order valence-corrected chi connectivity index (χ4v) is 2.53. The Kier molecular flexibility index (Phi) is 4.33. The molecular weight excluding hydrogens is 244 g/mol. The van der Waals surface area contributed by atoms with E-state index in [0.717, 1.165) is 22.0 Å². The lowest BCUT2D eigenvalue weighted by atomic mass is 10.2. The smallest absolute Gasteiger partial charge is 0.119 e. The zero-order chi connectivity index (χ0) is 13.0. The third-order valence-corrected chi connectivity index (χ3v) is 3.81. The van der Waals surface area contributed by atoms with E-state index in [1.165, 1.54) is 0 Å². The lowest BCUT2D eigenvalue weighted by Crippen LogP contribution is -2.11. The molecule has 0 saturated carbocycles. The van der Waals surface area contributed by atoms with Crippen LogP contribution in [0.1, 0.15) is 24.9 Å². The predicted molar refractivity (Wildman–Crippen MR) is 76.2 cm³/mol. The summed E-state index contributed by atoms with van der Waals surface area (Å²) in [5.41, 5.74) is 2.16. The van der Waals surface area contributed by atoms with Gasteiger partial charge in [0.25, 0.3) is 0 Å². The summed E-state index contributed by atoms with van der Waals surface area (Å²) in [6.07, 6.45) is 0. The number of nitrogens with one attached hydrogen (secondary N) is 1. The Hall–Kier alpha value is -1.39. The molecule has 2 rings (SSSR count). The highest BCUT2D eigenvalue weighted by molar-refractivity contribution is 7.10. The molecule has 1 aromatic heterocycles. The van der Waals surface area contributed by atoms with Crippen molar-refractivity contribution in [1.82, 2.24) is 10.3 Å². The summed E-state index contributed by atoms with van der Waals surface area (Å²) in [4.78, 5) is 4.64. The van der Waals surface area contributed by atoms with Gasteiger partial charge in [0.1, 0.15) is 10.8 Å². The summed E-state index contributed by atoms with van der Waals surface area (Å²) in [6.45, 7) is 4.79. The first kappa shape index (κ1) is 13.1. The van der Waals surface area contributed by atoms with Crippen molar-refractivity contribution in [1.29, 1.82) is 0 Å². The zero-order valence-corrected chi connectivity index (χ0v) is 11.8. The molecule has 0 aliphatic rings. The number of hydrogen-bond donors (Lipinski definition) is 1. The van der Waals surface area contributed by atoms with Crippen molar-refractivity contribution in [2.45, 2.75) is 19.9 Å². The normalized spacial score (nSPS) is 12.4. The van der Waals surface area contributed by atoms with Crippen LogP contribution in [0.3, 0.4) is 0 Å². The Labute approximate surface area is 112 Å². The zero-order valence-electron chi connectivity index (χ0n) is 10.9. The van der Waals surface area contributed by atoms with Crippen LogP contribution in [-0.2, 0) is 0 Å². The van der Waals surface area contributed by atoms with Crippen LogP contribution in [0.25, 0.3) is 11.3 Å². The van der Waals surface area contributed by atoms with Crippen LogP contribution < -0.4 is 10.1 Å². The number of benzene rings is 1. The standard InChI is InChI=1S/C14H18N2OS/c1-4-17-12-7-5-11(6-8-12)13-9-18-14(16-13)10(2)15-3/h5-10,15H,4H2,1-3H3. The van der Waals surface area contributed by atoms with E-state index in [9.17, 15) is 0 Å². The Bertz CT molecular complexity index is 493. The average Bonchev–Trinajstić information content (AvgIpc) is 2.89. The average molecular weight is 262 g/mol. The number of aromatic nitrogens is 1. The number of ether oxygens (including phenoxy) is 1. The minimum absolute atomic E-state index is 0.298. The number of rotatable bonds is 5. The molecular formula is C14H18N2OS. The van der Waals surface area contributed by atoms with Gasteiger partial charge in [0.15, 0.2) is 0 Å². The van der Waals surface area contributed by atoms with Gasteiger partial charge in [-0.05, 0) is 45.2 Å². The van der Waals surface area contributed by atoms with E-state index in [1.54, 1.807) is 11.3 Å². The fourth-order valence-electron chi connectivity index (χ4n) is 1.63. The fraction of sp³-hybridized carbons (Fsp3) is 0.357. The molecule has 96 valence electrons. The molecule has 2 aromatic rings. The summed E-state index contributed by atoms with van der Waals surface area (Å²) in [5, 5.41) is 6.41. The molecule has 0 amide bonds. The van der Waals surface area contributed by atoms with Crippen molar-refractivity contribution in [3.63, 3.8) is 0 Å². The highest BCUT2D eigenvalue weighted by atomic mass is 32.1. The van der Waals surface area contributed by atoms with Gasteiger partial charge < -0.3 is 10.1 Å². The maximum atomic E-state index is 5.43. The van der Waals surface area contributed by atoms with Gasteiger partial charge in [-0.25, -0.2) is 4.98 Å². The first-order chi connectivity index (χ1) is 8.74. The molecule has 0 radical (unpaired) electrons. The molecule has 1 unspecified atom stereocenters. The molecule has 0 aliphatic carbocycles. The highest BCUT2D eigenvalue weighted by Crippen LogP contribution is 2.26. The molecule has 1 atom stereocenters. The van der Waals surface area contributed by atoms with Crippen molar-refractivity contribution >= 4 is 11.3 Å². The molecule has 0 saturated heterocycles. The minimum atomic E-state index is 0.298. The van der Waals surface area contributed by atoms with Crippen molar-refractivity contribution < 1.29 is 4.74 Å². The van der Waals surface area contributed by atoms with Crippen LogP contribution in [0.5, 0.6) is 5.75 Å². The second-order valence-electron chi connectivity index (χ2n) is 4.04. The molecule has 0 fully saturated rings. The molecule has 0 spiro atoms. The lowest BCUT2D eigenvalue weighted by Gasteiger charge is -2.05. The van der Waals surface area contributed by atoms with Crippen LogP contribution in [0, 0.1) is 0 Å². The predicted octanol–water partition coefficient (Wildman–Crippen LogP) is 3.49. The Morgan fingerprint density at radius 1 is 1.33 bits per heavy atom. The molecule has 1 N–H and O–H groups in total. The van der Waals surface area contributed by atoms with Gasteiger partial charge in [0.2, 0.25) is 0 Å². The van der Waals surface area contributed by atoms with E-state index in [1.807, 2.05) is 38.2 Å². The number of thiazole rings is 1. The molecule has 3 nitrogen and oxygen atoms in total. The first-order valence-electron chi connectivity index (χ1n) is 6.10. The molecule has 18 heavy (non-hydrogen) atoms. The largest absolute Gasteiger partial charge is 0.494 e. The Morgan fingerprint density at radius 2 is 2.06 bits per heavy atom. The number of hydrogen-bond acceptors (Lipinski definition) is 4. The quantitative estimate of drug-likeness (QED) is 0.895. The van der Waals surface area contributed by atoms with Gasteiger partial charge in [0, 0.05) is 10.9 Å². The maximum Gasteiger partial charge on any atom is 0.119 e. The van der Waals surface area contributed by atoms with Gasteiger partial charge in [0.05, 0.1) is 18.3 Å². The third kappa shape index (κ3) is 2.89. The summed E-state index contributed by atoms with van der Waals surface area (Å²) < 4.78 is 5.43. The lowest BCUT2D eigenvalue weighted by molar-refractivity contribution is 0.340. The van der Waals surface area contributed by atoms with Crippen LogP contribution in [0.15, 0.2) is 29.6 Å². The van der Waals surface area contributed by atoms with Crippen LogP contribution in [0.4, 0.5) is 0 Å². The summed E-state index contributed by atoms with van der Waals surface area (Å²) >= 11 is 1.69. The Balaban J connectivity index is 2.18. The van der Waals surface area contributed by atoms with E-state index in [-0.39, 0.29) is 0 Å². The second-order valence-corrected chi connectivity index (χ2v) is 4.93. The Morgan fingerprint density at radius 3 is 2.67 bits per heavy atom. The third-order valence-electron chi connectivity index (χ3n) is 2.79. The van der Waals surface area contributed by atoms with E-state index in [0.29, 0.717) is 12.6 Å². The van der Waals surface area contributed by atoms with E-state index >= 15 is 0 Å². The molecule has 0 bridgehead atoms. The number of nitrogens with zero attached hydrogens (tertiary/aromatic N) is 1. The maximum absolute atomic E-state index is 5.43. The highest BCUT2D eigenvalue weighted by Gasteiger charge is 2.09. The van der Waals surface area contributed by atoms with Crippen LogP contribution in [-0.4, -0.2) is 18.6 Å². The van der Waals surface area contributed by atoms with Gasteiger partial charge in [-0.2, -0.15) is 0 Å². The van der Waals surface area contributed by atoms with E-state index in [2.05, 4.69) is 22.6 Å². The van der Waals surface area contributed by atoms with Crippen molar-refractivity contribution in [3.8, 4) is 17.0 Å². The van der Waals surface area contributed by atoms with E-state index in [4.69, 9.17) is 4.74 Å². The van der Waals surface area contributed by atoms with E-state index < -0.39 is 0 Å².